The van der Waals surface area contributed by atoms with Crippen LogP contribution < -0.4 is 10.6 Å². The topological polar surface area (TPSA) is 56.7 Å². The van der Waals surface area contributed by atoms with Gasteiger partial charge in [-0.3, -0.25) is 4.99 Å². The van der Waals surface area contributed by atoms with Gasteiger partial charge in [0.05, 0.1) is 6.10 Å². The number of hydrogen-bond donors (Lipinski definition) is 3. The number of benzene rings is 2. The number of halogens is 1. The van der Waals surface area contributed by atoms with Crippen molar-refractivity contribution in [2.45, 2.75) is 32.3 Å². The number of nitrogens with one attached hydrogen (secondary N) is 2. The van der Waals surface area contributed by atoms with Crippen LogP contribution in [0.15, 0.2) is 59.6 Å². The molecule has 0 aliphatic carbocycles. The van der Waals surface area contributed by atoms with Crippen LogP contribution >= 0.6 is 0 Å². The largest absolute Gasteiger partial charge is 0.388 e. The third-order valence-electron chi connectivity index (χ3n) is 4.02. The van der Waals surface area contributed by atoms with Crippen molar-refractivity contribution in [2.24, 2.45) is 4.99 Å². The van der Waals surface area contributed by atoms with Crippen LogP contribution in [0.3, 0.4) is 0 Å². The molecule has 0 aromatic heterocycles. The van der Waals surface area contributed by atoms with E-state index in [-0.39, 0.29) is 5.82 Å². The molecule has 0 aliphatic heterocycles. The first-order chi connectivity index (χ1) is 12.7. The molecule has 2 aromatic carbocycles. The maximum absolute atomic E-state index is 13.2. The highest BCUT2D eigenvalue weighted by Gasteiger charge is 2.06. The molecule has 0 saturated heterocycles. The number of nitrogens with zero attached hydrogens (tertiary/aromatic N) is 1. The predicted molar refractivity (Wildman–Crippen MR) is 105 cm³/mol. The monoisotopic (exact) mass is 357 g/mol. The second-order valence-corrected chi connectivity index (χ2v) is 6.14. The molecule has 0 amide bonds. The maximum Gasteiger partial charge on any atom is 0.191 e. The van der Waals surface area contributed by atoms with Gasteiger partial charge in [0.2, 0.25) is 0 Å². The highest BCUT2D eigenvalue weighted by molar-refractivity contribution is 5.79. The van der Waals surface area contributed by atoms with Crippen LogP contribution in [0.1, 0.15) is 37.0 Å². The minimum absolute atomic E-state index is 0.196. The molecule has 0 bridgehead atoms. The first kappa shape index (κ1) is 19.9. The molecule has 26 heavy (non-hydrogen) atoms. The van der Waals surface area contributed by atoms with E-state index in [9.17, 15) is 9.50 Å². The van der Waals surface area contributed by atoms with Crippen LogP contribution in [0.4, 0.5) is 4.39 Å². The Bertz CT molecular complexity index is 676. The van der Waals surface area contributed by atoms with Gasteiger partial charge in [0.15, 0.2) is 5.96 Å². The molecule has 2 aromatic rings. The van der Waals surface area contributed by atoms with Gasteiger partial charge in [-0.15, -0.1) is 0 Å². The standard InChI is InChI=1S/C21H28FN3O/c1-2-23-21(24-14-7-9-17-8-6-12-19(22)16-17)25-15-13-20(26)18-10-4-3-5-11-18/h3-6,8,10-12,16,20,26H,2,7,9,13-15H2,1H3,(H2,23,24,25). The summed E-state index contributed by atoms with van der Waals surface area (Å²) in [5.74, 6) is 0.546. The zero-order valence-corrected chi connectivity index (χ0v) is 15.3. The molecule has 0 saturated carbocycles. The first-order valence-electron chi connectivity index (χ1n) is 9.18. The minimum atomic E-state index is -0.487. The zero-order valence-electron chi connectivity index (χ0n) is 15.3. The van der Waals surface area contributed by atoms with Gasteiger partial charge in [0.1, 0.15) is 5.82 Å². The lowest BCUT2D eigenvalue weighted by Crippen LogP contribution is -2.38. The summed E-state index contributed by atoms with van der Waals surface area (Å²) in [6.07, 6.45) is 1.78. The van der Waals surface area contributed by atoms with Gasteiger partial charge >= 0.3 is 0 Å². The molecule has 1 atom stereocenters. The Balaban J connectivity index is 1.73. The van der Waals surface area contributed by atoms with Gasteiger partial charge in [-0.25, -0.2) is 4.39 Å². The molecule has 4 nitrogen and oxygen atoms in total. The van der Waals surface area contributed by atoms with Crippen molar-refractivity contribution < 1.29 is 9.50 Å². The third-order valence-corrected chi connectivity index (χ3v) is 4.02. The van der Waals surface area contributed by atoms with Crippen molar-refractivity contribution in [2.75, 3.05) is 19.6 Å². The lowest BCUT2D eigenvalue weighted by Gasteiger charge is -2.14. The van der Waals surface area contributed by atoms with Gasteiger partial charge in [0.25, 0.3) is 0 Å². The van der Waals surface area contributed by atoms with Crippen molar-refractivity contribution in [1.29, 1.82) is 0 Å². The average molecular weight is 357 g/mol. The van der Waals surface area contributed by atoms with Crippen molar-refractivity contribution >= 4 is 5.96 Å². The first-order valence-corrected chi connectivity index (χ1v) is 9.18. The highest BCUT2D eigenvalue weighted by atomic mass is 19.1. The molecule has 5 heteroatoms. The molecule has 0 radical (unpaired) electrons. The normalized spacial score (nSPS) is 12.7. The van der Waals surface area contributed by atoms with Gasteiger partial charge in [-0.1, -0.05) is 42.5 Å². The van der Waals surface area contributed by atoms with E-state index < -0.39 is 6.10 Å². The summed E-state index contributed by atoms with van der Waals surface area (Å²) in [7, 11) is 0. The lowest BCUT2D eigenvalue weighted by molar-refractivity contribution is 0.168. The van der Waals surface area contributed by atoms with Crippen LogP contribution in [0.5, 0.6) is 0 Å². The molecule has 3 N–H and O–H groups in total. The molecule has 140 valence electrons. The van der Waals surface area contributed by atoms with E-state index in [0.717, 1.165) is 36.5 Å². The average Bonchev–Trinajstić information content (AvgIpc) is 2.66. The van der Waals surface area contributed by atoms with E-state index in [0.29, 0.717) is 19.5 Å². The molecule has 2 rings (SSSR count). The number of aryl methyl sites for hydroxylation is 1. The van der Waals surface area contributed by atoms with Gasteiger partial charge in [-0.2, -0.15) is 0 Å². The summed E-state index contributed by atoms with van der Waals surface area (Å²) in [6, 6.07) is 16.3. The lowest BCUT2D eigenvalue weighted by atomic mass is 10.1. The molecule has 1 unspecified atom stereocenters. The number of hydrogen-bond acceptors (Lipinski definition) is 2. The zero-order chi connectivity index (χ0) is 18.6. The predicted octanol–water partition coefficient (Wildman–Crippen LogP) is 3.44. The van der Waals surface area contributed by atoms with E-state index in [1.165, 1.54) is 6.07 Å². The number of aliphatic hydroxyl groups is 1. The Hall–Kier alpha value is -2.40. The SMILES string of the molecule is CCNC(=NCCCc1cccc(F)c1)NCCC(O)c1ccccc1. The Labute approximate surface area is 155 Å². The quantitative estimate of drug-likeness (QED) is 0.366. The summed E-state index contributed by atoms with van der Waals surface area (Å²) in [4.78, 5) is 4.54. The number of aliphatic imine (C=N–C) groups is 1. The van der Waals surface area contributed by atoms with E-state index in [1.807, 2.05) is 43.3 Å². The molecule has 0 fully saturated rings. The number of guanidine groups is 1. The molecular formula is C21H28FN3O. The molecule has 0 aliphatic rings. The summed E-state index contributed by atoms with van der Waals surface area (Å²) >= 11 is 0. The van der Waals surface area contributed by atoms with Gasteiger partial charge in [-0.05, 0) is 49.4 Å². The Kier molecular flexibility index (Phi) is 8.63. The highest BCUT2D eigenvalue weighted by Crippen LogP contribution is 2.14. The van der Waals surface area contributed by atoms with Crippen molar-refractivity contribution in [3.63, 3.8) is 0 Å². The third kappa shape index (κ3) is 7.23. The summed E-state index contributed by atoms with van der Waals surface area (Å²) in [5, 5.41) is 16.6. The fourth-order valence-electron chi connectivity index (χ4n) is 2.68. The maximum atomic E-state index is 13.2. The van der Waals surface area contributed by atoms with Gasteiger partial charge < -0.3 is 15.7 Å². The van der Waals surface area contributed by atoms with Crippen molar-refractivity contribution in [1.82, 2.24) is 10.6 Å². The van der Waals surface area contributed by atoms with Crippen molar-refractivity contribution in [3.8, 4) is 0 Å². The van der Waals surface area contributed by atoms with Crippen LogP contribution in [0.2, 0.25) is 0 Å². The second-order valence-electron chi connectivity index (χ2n) is 6.14. The van der Waals surface area contributed by atoms with Crippen LogP contribution in [0.25, 0.3) is 0 Å². The van der Waals surface area contributed by atoms with Crippen LogP contribution in [-0.4, -0.2) is 30.7 Å². The number of aliphatic hydroxyl groups excluding tert-OH is 1. The van der Waals surface area contributed by atoms with E-state index >= 15 is 0 Å². The minimum Gasteiger partial charge on any atom is -0.388 e. The van der Waals surface area contributed by atoms with E-state index in [2.05, 4.69) is 15.6 Å². The van der Waals surface area contributed by atoms with Crippen LogP contribution in [-0.2, 0) is 6.42 Å². The van der Waals surface area contributed by atoms with E-state index in [1.54, 1.807) is 12.1 Å². The smallest absolute Gasteiger partial charge is 0.191 e. The Morgan fingerprint density at radius 1 is 1.12 bits per heavy atom. The fourth-order valence-corrected chi connectivity index (χ4v) is 2.68. The van der Waals surface area contributed by atoms with Crippen molar-refractivity contribution in [3.05, 3.63) is 71.5 Å². The molecule has 0 spiro atoms. The Morgan fingerprint density at radius 3 is 2.65 bits per heavy atom. The Morgan fingerprint density at radius 2 is 1.92 bits per heavy atom. The summed E-state index contributed by atoms with van der Waals surface area (Å²) < 4.78 is 13.2. The number of rotatable bonds is 9. The summed E-state index contributed by atoms with van der Waals surface area (Å²) in [6.45, 7) is 4.08. The van der Waals surface area contributed by atoms with Gasteiger partial charge in [0, 0.05) is 19.6 Å². The molecule has 0 heterocycles. The summed E-state index contributed by atoms with van der Waals surface area (Å²) in [5.41, 5.74) is 1.91. The van der Waals surface area contributed by atoms with E-state index in [4.69, 9.17) is 0 Å². The molecular weight excluding hydrogens is 329 g/mol. The fraction of sp³-hybridized carbons (Fsp3) is 0.381. The van der Waals surface area contributed by atoms with Crippen LogP contribution in [0, 0.1) is 5.82 Å². The second kappa shape index (κ2) is 11.3.